The predicted octanol–water partition coefficient (Wildman–Crippen LogP) is 2.00. The van der Waals surface area contributed by atoms with E-state index in [4.69, 9.17) is 21.4 Å². The van der Waals surface area contributed by atoms with Crippen LogP contribution in [0, 0.1) is 0 Å². The molecule has 1 heterocycles. The molecule has 0 fully saturated rings. The number of halogens is 2. The summed E-state index contributed by atoms with van der Waals surface area (Å²) in [5.74, 6) is 0.420. The van der Waals surface area contributed by atoms with Crippen molar-refractivity contribution in [1.29, 1.82) is 0 Å². The molecular formula is C7H7BrClNO2. The smallest absolute Gasteiger partial charge is 0.228 e. The molecule has 0 radical (unpaired) electrons. The van der Waals surface area contributed by atoms with Crippen molar-refractivity contribution < 1.29 is 9.84 Å². The first-order valence-corrected chi connectivity index (χ1v) is 4.35. The fourth-order valence-corrected chi connectivity index (χ4v) is 1.69. The molecule has 0 saturated heterocycles. The SMILES string of the molecule is COc1ncc(Cl)c(CO)c1Br. The lowest BCUT2D eigenvalue weighted by Crippen LogP contribution is -1.94. The number of hydrogen-bond acceptors (Lipinski definition) is 3. The standard InChI is InChI=1S/C7H7BrClNO2/c1-12-7-6(8)4(3-11)5(9)2-10-7/h2,11H,3H2,1H3. The van der Waals surface area contributed by atoms with E-state index in [9.17, 15) is 0 Å². The van der Waals surface area contributed by atoms with Crippen LogP contribution < -0.4 is 4.74 Å². The summed E-state index contributed by atoms with van der Waals surface area (Å²) < 4.78 is 5.51. The molecule has 66 valence electrons. The van der Waals surface area contributed by atoms with E-state index < -0.39 is 0 Å². The van der Waals surface area contributed by atoms with E-state index in [2.05, 4.69) is 20.9 Å². The molecule has 1 N–H and O–H groups in total. The van der Waals surface area contributed by atoms with Gasteiger partial charge in [-0.25, -0.2) is 4.98 Å². The highest BCUT2D eigenvalue weighted by molar-refractivity contribution is 9.10. The van der Waals surface area contributed by atoms with E-state index in [1.807, 2.05) is 0 Å². The Balaban J connectivity index is 3.24. The van der Waals surface area contributed by atoms with Gasteiger partial charge in [0.25, 0.3) is 0 Å². The predicted molar refractivity (Wildman–Crippen MR) is 49.4 cm³/mol. The maximum absolute atomic E-state index is 8.92. The van der Waals surface area contributed by atoms with Gasteiger partial charge in [0, 0.05) is 11.8 Å². The van der Waals surface area contributed by atoms with Crippen LogP contribution in [0.5, 0.6) is 5.88 Å². The Morgan fingerprint density at radius 3 is 2.92 bits per heavy atom. The average Bonchev–Trinajstić information content (AvgIpc) is 2.06. The molecule has 0 aliphatic heterocycles. The molecule has 0 bridgehead atoms. The summed E-state index contributed by atoms with van der Waals surface area (Å²) in [6.07, 6.45) is 1.44. The average molecular weight is 252 g/mol. The van der Waals surface area contributed by atoms with Crippen LogP contribution in [0.4, 0.5) is 0 Å². The van der Waals surface area contributed by atoms with Crippen LogP contribution in [-0.2, 0) is 6.61 Å². The first kappa shape index (κ1) is 9.77. The number of nitrogens with zero attached hydrogens (tertiary/aromatic N) is 1. The maximum Gasteiger partial charge on any atom is 0.228 e. The second-order valence-electron chi connectivity index (χ2n) is 2.07. The Morgan fingerprint density at radius 1 is 1.75 bits per heavy atom. The number of pyridine rings is 1. The third kappa shape index (κ3) is 1.71. The minimum Gasteiger partial charge on any atom is -0.480 e. The summed E-state index contributed by atoms with van der Waals surface area (Å²) in [7, 11) is 1.50. The van der Waals surface area contributed by atoms with Crippen molar-refractivity contribution in [2.45, 2.75) is 6.61 Å². The fraction of sp³-hybridized carbons (Fsp3) is 0.286. The minimum atomic E-state index is -0.141. The Labute approximate surface area is 83.5 Å². The van der Waals surface area contributed by atoms with Gasteiger partial charge in [-0.15, -0.1) is 0 Å². The zero-order chi connectivity index (χ0) is 9.14. The zero-order valence-electron chi connectivity index (χ0n) is 6.34. The topological polar surface area (TPSA) is 42.4 Å². The van der Waals surface area contributed by atoms with Crippen LogP contribution in [0.15, 0.2) is 10.7 Å². The van der Waals surface area contributed by atoms with Crippen molar-refractivity contribution in [3.8, 4) is 5.88 Å². The minimum absolute atomic E-state index is 0.141. The number of ether oxygens (including phenoxy) is 1. The highest BCUT2D eigenvalue weighted by atomic mass is 79.9. The monoisotopic (exact) mass is 251 g/mol. The van der Waals surface area contributed by atoms with Gasteiger partial charge in [-0.1, -0.05) is 11.6 Å². The van der Waals surface area contributed by atoms with Crippen LogP contribution in [0.3, 0.4) is 0 Å². The van der Waals surface area contributed by atoms with E-state index in [0.29, 0.717) is 20.9 Å². The number of methoxy groups -OCH3 is 1. The van der Waals surface area contributed by atoms with Gasteiger partial charge in [0.2, 0.25) is 5.88 Å². The van der Waals surface area contributed by atoms with Crippen molar-refractivity contribution in [2.75, 3.05) is 7.11 Å². The molecule has 1 aromatic heterocycles. The molecule has 5 heteroatoms. The van der Waals surface area contributed by atoms with Gasteiger partial charge in [0.05, 0.1) is 23.2 Å². The van der Waals surface area contributed by atoms with Crippen LogP contribution >= 0.6 is 27.5 Å². The quantitative estimate of drug-likeness (QED) is 0.875. The van der Waals surface area contributed by atoms with Crippen LogP contribution in [0.25, 0.3) is 0 Å². The second kappa shape index (κ2) is 4.07. The number of rotatable bonds is 2. The largest absolute Gasteiger partial charge is 0.480 e. The molecule has 1 aromatic rings. The number of hydrogen-bond donors (Lipinski definition) is 1. The molecule has 1 rings (SSSR count). The molecule has 0 saturated carbocycles. The zero-order valence-corrected chi connectivity index (χ0v) is 8.68. The Bertz CT molecular complexity index is 293. The van der Waals surface area contributed by atoms with Crippen LogP contribution in [-0.4, -0.2) is 17.2 Å². The summed E-state index contributed by atoms with van der Waals surface area (Å²) >= 11 is 8.97. The molecule has 3 nitrogen and oxygen atoms in total. The molecule has 0 aliphatic rings. The summed E-state index contributed by atoms with van der Waals surface area (Å²) in [4.78, 5) is 3.89. The van der Waals surface area contributed by atoms with Gasteiger partial charge in [-0.3, -0.25) is 0 Å². The number of aromatic nitrogens is 1. The van der Waals surface area contributed by atoms with E-state index in [1.54, 1.807) is 0 Å². The molecular weight excluding hydrogens is 245 g/mol. The van der Waals surface area contributed by atoms with Crippen molar-refractivity contribution in [1.82, 2.24) is 4.98 Å². The molecule has 0 atom stereocenters. The Kier molecular flexibility index (Phi) is 3.31. The highest BCUT2D eigenvalue weighted by Gasteiger charge is 2.10. The summed E-state index contributed by atoms with van der Waals surface area (Å²) in [6.45, 7) is -0.141. The Hall–Kier alpha value is -0.320. The second-order valence-corrected chi connectivity index (χ2v) is 3.27. The van der Waals surface area contributed by atoms with E-state index in [1.165, 1.54) is 13.3 Å². The van der Waals surface area contributed by atoms with Gasteiger partial charge in [0.1, 0.15) is 0 Å². The van der Waals surface area contributed by atoms with E-state index in [0.717, 1.165) is 0 Å². The fourth-order valence-electron chi connectivity index (χ4n) is 0.771. The highest BCUT2D eigenvalue weighted by Crippen LogP contribution is 2.30. The molecule has 0 aliphatic carbocycles. The van der Waals surface area contributed by atoms with E-state index in [-0.39, 0.29) is 6.61 Å². The normalized spacial score (nSPS) is 10.0. The number of aliphatic hydroxyl groups excluding tert-OH is 1. The van der Waals surface area contributed by atoms with Gasteiger partial charge < -0.3 is 9.84 Å². The van der Waals surface area contributed by atoms with Crippen molar-refractivity contribution in [2.24, 2.45) is 0 Å². The Morgan fingerprint density at radius 2 is 2.42 bits per heavy atom. The molecule has 0 spiro atoms. The molecule has 12 heavy (non-hydrogen) atoms. The van der Waals surface area contributed by atoms with Gasteiger partial charge in [-0.05, 0) is 15.9 Å². The molecule has 0 aromatic carbocycles. The van der Waals surface area contributed by atoms with Gasteiger partial charge in [-0.2, -0.15) is 0 Å². The maximum atomic E-state index is 8.92. The lowest BCUT2D eigenvalue weighted by Gasteiger charge is -2.06. The van der Waals surface area contributed by atoms with Crippen molar-refractivity contribution in [3.63, 3.8) is 0 Å². The van der Waals surface area contributed by atoms with E-state index >= 15 is 0 Å². The number of aliphatic hydroxyl groups is 1. The van der Waals surface area contributed by atoms with Gasteiger partial charge >= 0.3 is 0 Å². The third-order valence-corrected chi connectivity index (χ3v) is 2.53. The summed E-state index contributed by atoms with van der Waals surface area (Å²) in [6, 6.07) is 0. The molecule has 0 unspecified atom stereocenters. The lowest BCUT2D eigenvalue weighted by molar-refractivity contribution is 0.279. The van der Waals surface area contributed by atoms with Crippen LogP contribution in [0.1, 0.15) is 5.56 Å². The summed E-state index contributed by atoms with van der Waals surface area (Å²) in [5, 5.41) is 9.34. The molecule has 0 amide bonds. The summed E-state index contributed by atoms with van der Waals surface area (Å²) in [5.41, 5.74) is 0.587. The van der Waals surface area contributed by atoms with Gasteiger partial charge in [0.15, 0.2) is 0 Å². The lowest BCUT2D eigenvalue weighted by atomic mass is 10.3. The first-order valence-electron chi connectivity index (χ1n) is 3.18. The van der Waals surface area contributed by atoms with Crippen LogP contribution in [0.2, 0.25) is 5.02 Å². The third-order valence-electron chi connectivity index (χ3n) is 1.39. The van der Waals surface area contributed by atoms with Crippen molar-refractivity contribution in [3.05, 3.63) is 21.3 Å². The van der Waals surface area contributed by atoms with Crippen molar-refractivity contribution >= 4 is 27.5 Å². The first-order chi connectivity index (χ1) is 5.70.